The van der Waals surface area contributed by atoms with Crippen molar-refractivity contribution in [2.75, 3.05) is 0 Å². The van der Waals surface area contributed by atoms with Gasteiger partial charge in [0.1, 0.15) is 0 Å². The molecule has 1 atom stereocenters. The highest BCUT2D eigenvalue weighted by molar-refractivity contribution is 6.12. The Labute approximate surface area is 159 Å². The molecular weight excluding hydrogens is 336 g/mol. The van der Waals surface area contributed by atoms with Crippen molar-refractivity contribution in [3.05, 3.63) is 65.7 Å². The monoisotopic (exact) mass is 360 g/mol. The number of carbonyl (C=O) groups excluding carboxylic acids is 1. The van der Waals surface area contributed by atoms with Gasteiger partial charge in [0, 0.05) is 10.9 Å². The number of para-hydroxylation sites is 1. The van der Waals surface area contributed by atoms with E-state index >= 15 is 0 Å². The second-order valence-electron chi connectivity index (χ2n) is 6.85. The van der Waals surface area contributed by atoms with Crippen LogP contribution in [-0.4, -0.2) is 16.9 Å². The molecule has 0 radical (unpaired) electrons. The molecule has 0 aliphatic carbocycles. The van der Waals surface area contributed by atoms with Gasteiger partial charge in [-0.3, -0.25) is 15.5 Å². The molecule has 0 fully saturated rings. The van der Waals surface area contributed by atoms with Crippen molar-refractivity contribution >= 4 is 22.8 Å². The summed E-state index contributed by atoms with van der Waals surface area (Å²) in [5.41, 5.74) is 9.47. The van der Waals surface area contributed by atoms with E-state index < -0.39 is 5.91 Å². The lowest BCUT2D eigenvalue weighted by atomic mass is 9.97. The molecule has 0 saturated carbocycles. The lowest BCUT2D eigenvalue weighted by molar-refractivity contribution is 0.0978. The van der Waals surface area contributed by atoms with Crippen LogP contribution in [0.3, 0.4) is 0 Å². The van der Waals surface area contributed by atoms with E-state index in [1.54, 1.807) is 6.07 Å². The first kappa shape index (κ1) is 18.6. The fourth-order valence-electron chi connectivity index (χ4n) is 3.06. The van der Waals surface area contributed by atoms with Crippen molar-refractivity contribution in [1.82, 2.24) is 10.3 Å². The molecule has 3 aromatic rings. The molecule has 0 aliphatic rings. The summed E-state index contributed by atoms with van der Waals surface area (Å²) in [6.45, 7) is 4.45. The van der Waals surface area contributed by atoms with E-state index in [0.717, 1.165) is 35.0 Å². The fourth-order valence-corrected chi connectivity index (χ4v) is 3.06. The second kappa shape index (κ2) is 7.99. The molecule has 27 heavy (non-hydrogen) atoms. The summed E-state index contributed by atoms with van der Waals surface area (Å²) in [6, 6.07) is 17.5. The van der Waals surface area contributed by atoms with E-state index in [2.05, 4.69) is 31.3 Å². The minimum absolute atomic E-state index is 0.378. The van der Waals surface area contributed by atoms with Gasteiger partial charge in [-0.2, -0.15) is 0 Å². The zero-order chi connectivity index (χ0) is 19.4. The van der Waals surface area contributed by atoms with Gasteiger partial charge in [0.2, 0.25) is 0 Å². The maximum absolute atomic E-state index is 12.5. The Hall–Kier alpha value is -3.21. The van der Waals surface area contributed by atoms with E-state index in [4.69, 9.17) is 16.1 Å². The Morgan fingerprint density at radius 3 is 2.56 bits per heavy atom. The molecule has 1 heterocycles. The van der Waals surface area contributed by atoms with Crippen molar-refractivity contribution in [3.8, 4) is 11.3 Å². The Balaban J connectivity index is 2.02. The molecule has 1 aromatic heterocycles. The highest BCUT2D eigenvalue weighted by Crippen LogP contribution is 2.25. The van der Waals surface area contributed by atoms with Crippen LogP contribution in [0, 0.1) is 11.3 Å². The first-order valence-corrected chi connectivity index (χ1v) is 9.12. The molecule has 0 saturated heterocycles. The minimum Gasteiger partial charge on any atom is -0.370 e. The van der Waals surface area contributed by atoms with E-state index in [1.165, 1.54) is 5.56 Å². The van der Waals surface area contributed by atoms with Gasteiger partial charge < -0.3 is 5.73 Å². The number of hydrogen-bond acceptors (Lipinski definition) is 3. The highest BCUT2D eigenvalue weighted by Gasteiger charge is 2.14. The number of aromatic nitrogens is 1. The van der Waals surface area contributed by atoms with Gasteiger partial charge in [-0.05, 0) is 30.0 Å². The molecule has 5 heteroatoms. The Kier molecular flexibility index (Phi) is 5.50. The minimum atomic E-state index is -0.407. The molecule has 1 unspecified atom stereocenters. The molecule has 0 spiro atoms. The third-order valence-electron chi connectivity index (χ3n) is 4.74. The third-order valence-corrected chi connectivity index (χ3v) is 4.74. The molecule has 2 aromatic carbocycles. The molecule has 0 aliphatic heterocycles. The van der Waals surface area contributed by atoms with Gasteiger partial charge in [-0.15, -0.1) is 0 Å². The average Bonchev–Trinajstić information content (AvgIpc) is 2.67. The quantitative estimate of drug-likeness (QED) is 0.472. The fraction of sp³-hybridized carbons (Fsp3) is 0.227. The summed E-state index contributed by atoms with van der Waals surface area (Å²) in [5, 5.41) is 10.4. The molecule has 1 amide bonds. The Bertz CT molecular complexity index is 979. The summed E-state index contributed by atoms with van der Waals surface area (Å²) in [7, 11) is 0. The largest absolute Gasteiger partial charge is 0.370 e. The van der Waals surface area contributed by atoms with E-state index in [0.29, 0.717) is 11.5 Å². The van der Waals surface area contributed by atoms with Crippen LogP contribution in [0.4, 0.5) is 0 Å². The number of nitrogens with one attached hydrogen (secondary N) is 2. The van der Waals surface area contributed by atoms with E-state index in [9.17, 15) is 4.79 Å². The van der Waals surface area contributed by atoms with Crippen molar-refractivity contribution in [3.63, 3.8) is 0 Å². The Morgan fingerprint density at radius 1 is 1.19 bits per heavy atom. The summed E-state index contributed by atoms with van der Waals surface area (Å²) in [4.78, 5) is 17.2. The first-order valence-electron chi connectivity index (χ1n) is 9.12. The smallest absolute Gasteiger partial charge is 0.258 e. The first-order chi connectivity index (χ1) is 13.0. The zero-order valence-electron chi connectivity index (χ0n) is 15.6. The van der Waals surface area contributed by atoms with Gasteiger partial charge in [0.15, 0.2) is 5.96 Å². The number of carbonyl (C=O) groups is 1. The van der Waals surface area contributed by atoms with Gasteiger partial charge in [0.25, 0.3) is 5.91 Å². The number of rotatable bonds is 5. The second-order valence-corrected chi connectivity index (χ2v) is 6.85. The number of fused-ring (bicyclic) bond motifs is 1. The molecule has 4 N–H and O–H groups in total. The van der Waals surface area contributed by atoms with E-state index in [1.807, 2.05) is 36.4 Å². The summed E-state index contributed by atoms with van der Waals surface area (Å²) in [5.74, 6) is -0.135. The van der Waals surface area contributed by atoms with Crippen LogP contribution >= 0.6 is 0 Å². The lowest BCUT2D eigenvalue weighted by Gasteiger charge is -2.11. The summed E-state index contributed by atoms with van der Waals surface area (Å²) < 4.78 is 0. The van der Waals surface area contributed by atoms with Crippen LogP contribution in [0.15, 0.2) is 54.6 Å². The Morgan fingerprint density at radius 2 is 1.89 bits per heavy atom. The summed E-state index contributed by atoms with van der Waals surface area (Å²) in [6.07, 6.45) is 2.21. The number of pyridine rings is 1. The predicted octanol–water partition coefficient (Wildman–Crippen LogP) is 4.11. The maximum Gasteiger partial charge on any atom is 0.258 e. The maximum atomic E-state index is 12.5. The van der Waals surface area contributed by atoms with Gasteiger partial charge >= 0.3 is 0 Å². The van der Waals surface area contributed by atoms with Crippen LogP contribution in [-0.2, 0) is 6.42 Å². The van der Waals surface area contributed by atoms with Gasteiger partial charge in [0.05, 0.1) is 16.8 Å². The number of nitrogens with two attached hydrogens (primary N) is 1. The van der Waals surface area contributed by atoms with Crippen molar-refractivity contribution < 1.29 is 4.79 Å². The lowest BCUT2D eigenvalue weighted by Crippen LogP contribution is -2.35. The number of nitrogens with zero attached hydrogens (tertiary/aromatic N) is 1. The number of guanidine groups is 1. The topological polar surface area (TPSA) is 91.9 Å². The molecule has 5 nitrogen and oxygen atoms in total. The molecule has 3 rings (SSSR count). The molecule has 0 bridgehead atoms. The SMILES string of the molecule is CCC(C)Cc1ccc(-c2cc(C(=O)NC(=N)N)c3ccccc3n2)cc1. The zero-order valence-corrected chi connectivity index (χ0v) is 15.6. The van der Waals surface area contributed by atoms with Crippen molar-refractivity contribution in [2.45, 2.75) is 26.7 Å². The van der Waals surface area contributed by atoms with E-state index in [-0.39, 0.29) is 5.96 Å². The third kappa shape index (κ3) is 4.31. The predicted molar refractivity (Wildman–Crippen MR) is 110 cm³/mol. The average molecular weight is 360 g/mol. The van der Waals surface area contributed by atoms with Gasteiger partial charge in [-0.1, -0.05) is 62.7 Å². The van der Waals surface area contributed by atoms with Crippen molar-refractivity contribution in [2.24, 2.45) is 11.7 Å². The standard InChI is InChI=1S/C22H24N4O/c1-3-14(2)12-15-8-10-16(11-9-15)20-13-18(21(27)26-22(23)24)17-6-4-5-7-19(17)25-20/h4-11,13-14H,3,12H2,1-2H3,(H4,23,24,26,27). The van der Waals surface area contributed by atoms with Crippen molar-refractivity contribution in [1.29, 1.82) is 5.41 Å². The normalized spacial score (nSPS) is 11.9. The van der Waals surface area contributed by atoms with Crippen LogP contribution in [0.2, 0.25) is 0 Å². The number of hydrogen-bond donors (Lipinski definition) is 3. The van der Waals surface area contributed by atoms with Crippen LogP contribution in [0.1, 0.15) is 36.2 Å². The van der Waals surface area contributed by atoms with Gasteiger partial charge in [-0.25, -0.2) is 4.98 Å². The number of benzene rings is 2. The number of amides is 1. The van der Waals surface area contributed by atoms with Crippen LogP contribution in [0.5, 0.6) is 0 Å². The molecular formula is C22H24N4O. The van der Waals surface area contributed by atoms with Crippen LogP contribution in [0.25, 0.3) is 22.2 Å². The molecule has 138 valence electrons. The highest BCUT2D eigenvalue weighted by atomic mass is 16.1. The summed E-state index contributed by atoms with van der Waals surface area (Å²) >= 11 is 0. The van der Waals surface area contributed by atoms with Crippen LogP contribution < -0.4 is 11.1 Å².